The number of carbonyl (C=O) groups excluding carboxylic acids is 2. The maximum atomic E-state index is 12.7. The third kappa shape index (κ3) is 11.3. The molecule has 1 aromatic rings. The van der Waals surface area contributed by atoms with E-state index >= 15 is 0 Å². The molecule has 1 aliphatic heterocycles. The van der Waals surface area contributed by atoms with Gasteiger partial charge in [-0.05, 0) is 37.8 Å². The van der Waals surface area contributed by atoms with Crippen molar-refractivity contribution in [3.05, 3.63) is 22.8 Å². The fourth-order valence-corrected chi connectivity index (χ4v) is 5.69. The van der Waals surface area contributed by atoms with E-state index in [0.29, 0.717) is 24.2 Å². The lowest BCUT2D eigenvalue weighted by Gasteiger charge is -2.34. The molecule has 8 nitrogen and oxygen atoms in total. The molecule has 0 spiro atoms. The van der Waals surface area contributed by atoms with E-state index in [9.17, 15) is 19.8 Å². The van der Waals surface area contributed by atoms with Gasteiger partial charge in [-0.15, -0.1) is 0 Å². The van der Waals surface area contributed by atoms with Crippen molar-refractivity contribution in [3.8, 4) is 11.5 Å². The number of unbranched alkanes of at least 4 members (excludes halogenated alkanes) is 12. The van der Waals surface area contributed by atoms with Crippen LogP contribution in [0.15, 0.2) is 6.07 Å². The molecule has 0 radical (unpaired) electrons. The highest BCUT2D eigenvalue weighted by Crippen LogP contribution is 2.41. The number of aryl methyl sites for hydroxylation is 1. The molecule has 0 saturated carbocycles. The van der Waals surface area contributed by atoms with Crippen molar-refractivity contribution in [2.45, 2.75) is 135 Å². The smallest absolute Gasteiger partial charge is 0.242 e. The Morgan fingerprint density at radius 3 is 2.15 bits per heavy atom. The first-order valence-electron chi connectivity index (χ1n) is 15.7. The molecule has 8 heteroatoms. The van der Waals surface area contributed by atoms with Gasteiger partial charge in [-0.2, -0.15) is 0 Å². The molecule has 228 valence electrons. The number of amides is 2. The summed E-state index contributed by atoms with van der Waals surface area (Å²) in [6, 6.07) is 0.727. The molecule has 40 heavy (non-hydrogen) atoms. The number of ether oxygens (including phenoxy) is 1. The molecule has 5 N–H and O–H groups in total. The molecule has 0 bridgehead atoms. The van der Waals surface area contributed by atoms with Gasteiger partial charge in [-0.1, -0.05) is 90.0 Å². The summed E-state index contributed by atoms with van der Waals surface area (Å²) in [6.07, 6.45) is 17.4. The quantitative estimate of drug-likeness (QED) is 0.137. The number of methoxy groups -OCH3 is 1. The molecule has 0 fully saturated rings. The first kappa shape index (κ1) is 33.9. The molecule has 1 heterocycles. The van der Waals surface area contributed by atoms with Crippen molar-refractivity contribution in [3.63, 3.8) is 0 Å². The van der Waals surface area contributed by atoms with Gasteiger partial charge in [0.2, 0.25) is 11.8 Å². The van der Waals surface area contributed by atoms with Crippen LogP contribution in [0.5, 0.6) is 11.5 Å². The van der Waals surface area contributed by atoms with E-state index in [1.165, 1.54) is 71.3 Å². The van der Waals surface area contributed by atoms with Gasteiger partial charge in [0, 0.05) is 24.6 Å². The van der Waals surface area contributed by atoms with Gasteiger partial charge < -0.3 is 30.9 Å². The number of phenolic OH excluding ortho intramolecular Hbond substituents is 1. The van der Waals surface area contributed by atoms with Crippen LogP contribution in [-0.2, 0) is 16.0 Å². The first-order valence-corrected chi connectivity index (χ1v) is 15.7. The minimum Gasteiger partial charge on any atom is -0.504 e. The summed E-state index contributed by atoms with van der Waals surface area (Å²) in [4.78, 5) is 25.1. The van der Waals surface area contributed by atoms with Gasteiger partial charge in [-0.3, -0.25) is 9.59 Å². The van der Waals surface area contributed by atoms with Gasteiger partial charge in [-0.25, -0.2) is 0 Å². The Morgan fingerprint density at radius 1 is 1.02 bits per heavy atom. The minimum atomic E-state index is -0.660. The molecular weight excluding hydrogens is 506 g/mol. The summed E-state index contributed by atoms with van der Waals surface area (Å²) in [5.41, 5.74) is 2.42. The maximum Gasteiger partial charge on any atom is 0.242 e. The summed E-state index contributed by atoms with van der Waals surface area (Å²) in [5.74, 6) is 0.0738. The summed E-state index contributed by atoms with van der Waals surface area (Å²) in [7, 11) is 1.51. The first-order chi connectivity index (χ1) is 19.3. The molecule has 0 aromatic heterocycles. The third-order valence-corrected chi connectivity index (χ3v) is 8.00. The monoisotopic (exact) mass is 561 g/mol. The molecule has 1 aromatic carbocycles. The van der Waals surface area contributed by atoms with Gasteiger partial charge >= 0.3 is 0 Å². The topological polar surface area (TPSA) is 120 Å². The lowest BCUT2D eigenvalue weighted by Crippen LogP contribution is -2.49. The number of rotatable bonds is 20. The number of hydrogen-bond donors (Lipinski definition) is 5. The van der Waals surface area contributed by atoms with E-state index < -0.39 is 12.1 Å². The third-order valence-electron chi connectivity index (χ3n) is 8.00. The van der Waals surface area contributed by atoms with Gasteiger partial charge in [0.05, 0.1) is 19.8 Å². The zero-order valence-corrected chi connectivity index (χ0v) is 25.4. The number of aromatic hydroxyl groups is 1. The second-order valence-electron chi connectivity index (χ2n) is 11.5. The van der Waals surface area contributed by atoms with Crippen LogP contribution >= 0.6 is 0 Å². The predicted molar refractivity (Wildman–Crippen MR) is 161 cm³/mol. The number of benzene rings is 1. The number of hydrogen-bond acceptors (Lipinski definition) is 6. The normalized spacial score (nSPS) is 17.2. The molecule has 1 aliphatic rings. The summed E-state index contributed by atoms with van der Waals surface area (Å²) in [6.45, 7) is 5.96. The van der Waals surface area contributed by atoms with Crippen molar-refractivity contribution in [2.75, 3.05) is 20.3 Å². The van der Waals surface area contributed by atoms with Gasteiger partial charge in [0.25, 0.3) is 0 Å². The van der Waals surface area contributed by atoms with Gasteiger partial charge in [0.1, 0.15) is 6.04 Å². The second-order valence-corrected chi connectivity index (χ2v) is 11.5. The van der Waals surface area contributed by atoms with Crippen LogP contribution < -0.4 is 20.7 Å². The van der Waals surface area contributed by atoms with Crippen LogP contribution in [0, 0.1) is 6.92 Å². The van der Waals surface area contributed by atoms with E-state index in [4.69, 9.17) is 4.74 Å². The number of nitrogens with one attached hydrogen (secondary N) is 3. The number of aliphatic hydroxyl groups excluding tert-OH is 1. The second kappa shape index (κ2) is 18.9. The van der Waals surface area contributed by atoms with E-state index in [1.54, 1.807) is 6.92 Å². The highest BCUT2D eigenvalue weighted by molar-refractivity contribution is 5.87. The standard InChI is InChI=1S/C32H55N3O5/c1-5-6-7-8-9-10-11-12-13-14-15-16-17-18-28(37)34-24(3)32(39)33-21-27-29-25(20-26(22-36)35-27)19-23(2)31(40-4)30(29)38/h19,24,26-27,35-36,38H,5-18,20-22H2,1-4H3,(H,33,39)(H,34,37)/t24-,26-,27-/m0/s1. The highest BCUT2D eigenvalue weighted by Gasteiger charge is 2.31. The van der Waals surface area contributed by atoms with Crippen LogP contribution in [0.25, 0.3) is 0 Å². The van der Waals surface area contributed by atoms with Crippen molar-refractivity contribution in [1.82, 2.24) is 16.0 Å². The Labute approximate surface area is 242 Å². The lowest BCUT2D eigenvalue weighted by atomic mass is 9.87. The highest BCUT2D eigenvalue weighted by atomic mass is 16.5. The van der Waals surface area contributed by atoms with Crippen molar-refractivity contribution >= 4 is 11.8 Å². The number of phenols is 1. The van der Waals surface area contributed by atoms with Crippen molar-refractivity contribution in [1.29, 1.82) is 0 Å². The summed E-state index contributed by atoms with van der Waals surface area (Å²) in [5, 5.41) is 29.6. The molecule has 0 unspecified atom stereocenters. The Bertz CT molecular complexity index is 907. The zero-order valence-electron chi connectivity index (χ0n) is 25.4. The fourth-order valence-electron chi connectivity index (χ4n) is 5.69. The Balaban J connectivity index is 1.65. The van der Waals surface area contributed by atoms with E-state index in [1.807, 2.05) is 13.0 Å². The lowest BCUT2D eigenvalue weighted by molar-refractivity contribution is -0.128. The SMILES string of the molecule is CCCCCCCCCCCCCCCC(=O)N[C@@H](C)C(=O)NC[C@@H]1N[C@H](CO)Cc2cc(C)c(OC)c(O)c21. The minimum absolute atomic E-state index is 0.0542. The molecule has 0 aliphatic carbocycles. The molecule has 2 rings (SSSR count). The number of fused-ring (bicyclic) bond motifs is 1. The molecule has 2 amide bonds. The van der Waals surface area contributed by atoms with Crippen molar-refractivity contribution < 1.29 is 24.5 Å². The van der Waals surface area contributed by atoms with Crippen LogP contribution in [0.2, 0.25) is 0 Å². The number of aliphatic hydroxyl groups is 1. The maximum absolute atomic E-state index is 12.7. The summed E-state index contributed by atoms with van der Waals surface area (Å²) >= 11 is 0. The van der Waals surface area contributed by atoms with Crippen LogP contribution in [0.3, 0.4) is 0 Å². The van der Waals surface area contributed by atoms with Crippen LogP contribution in [0.1, 0.15) is 126 Å². The van der Waals surface area contributed by atoms with E-state index in [-0.39, 0.29) is 36.8 Å². The fraction of sp³-hybridized carbons (Fsp3) is 0.750. The molecule has 0 saturated heterocycles. The average molecular weight is 562 g/mol. The Morgan fingerprint density at radius 2 is 1.60 bits per heavy atom. The molecule has 3 atom stereocenters. The average Bonchev–Trinajstić information content (AvgIpc) is 2.93. The van der Waals surface area contributed by atoms with Crippen LogP contribution in [0.4, 0.5) is 0 Å². The van der Waals surface area contributed by atoms with Gasteiger partial charge in [0.15, 0.2) is 11.5 Å². The molecular formula is C32H55N3O5. The Kier molecular flexibility index (Phi) is 16.0. The van der Waals surface area contributed by atoms with Crippen LogP contribution in [-0.4, -0.2) is 54.4 Å². The predicted octanol–water partition coefficient (Wildman–Crippen LogP) is 5.36. The van der Waals surface area contributed by atoms with E-state index in [0.717, 1.165) is 30.4 Å². The zero-order chi connectivity index (χ0) is 29.3. The van der Waals surface area contributed by atoms with E-state index in [2.05, 4.69) is 22.9 Å². The summed E-state index contributed by atoms with van der Waals surface area (Å²) < 4.78 is 5.38. The van der Waals surface area contributed by atoms with Crippen molar-refractivity contribution in [2.24, 2.45) is 0 Å². The number of carbonyl (C=O) groups is 2. The largest absolute Gasteiger partial charge is 0.504 e. The Hall–Kier alpha value is -2.32.